The highest BCUT2D eigenvalue weighted by molar-refractivity contribution is 5.96. The van der Waals surface area contributed by atoms with E-state index in [2.05, 4.69) is 9.72 Å². The van der Waals surface area contributed by atoms with E-state index in [0.29, 0.717) is 43.1 Å². The molecule has 0 saturated carbocycles. The molecule has 28 heavy (non-hydrogen) atoms. The number of hydrogen-bond donors (Lipinski definition) is 0. The number of aromatic nitrogens is 1. The van der Waals surface area contributed by atoms with Crippen molar-refractivity contribution in [3.05, 3.63) is 59.3 Å². The topological polar surface area (TPSA) is 62.7 Å². The van der Waals surface area contributed by atoms with E-state index in [1.54, 1.807) is 17.0 Å². The number of pyridine rings is 1. The lowest BCUT2D eigenvalue weighted by Crippen LogP contribution is -2.49. The van der Waals surface area contributed by atoms with Gasteiger partial charge in [-0.3, -0.25) is 4.79 Å². The first-order valence-electron chi connectivity index (χ1n) is 8.55. The summed E-state index contributed by atoms with van der Waals surface area (Å²) in [6, 6.07) is 8.54. The Bertz CT molecular complexity index is 843. The van der Waals surface area contributed by atoms with Crippen LogP contribution in [0.2, 0.25) is 0 Å². The Balaban J connectivity index is 1.60. The monoisotopic (exact) mass is 393 g/mol. The van der Waals surface area contributed by atoms with E-state index in [9.17, 15) is 22.8 Å². The molecule has 1 aliphatic heterocycles. The molecule has 148 valence electrons. The third-order valence-corrected chi connectivity index (χ3v) is 4.52. The summed E-state index contributed by atoms with van der Waals surface area (Å²) in [7, 11) is 1.28. The molecule has 0 atom stereocenters. The van der Waals surface area contributed by atoms with Crippen molar-refractivity contribution in [3.8, 4) is 0 Å². The number of rotatable bonds is 3. The lowest BCUT2D eigenvalue weighted by atomic mass is 10.1. The largest absolute Gasteiger partial charge is 0.465 e. The fourth-order valence-corrected chi connectivity index (χ4v) is 2.93. The number of esters is 1. The number of benzene rings is 1. The average molecular weight is 393 g/mol. The predicted molar refractivity (Wildman–Crippen MR) is 95.1 cm³/mol. The molecule has 0 bridgehead atoms. The van der Waals surface area contributed by atoms with Gasteiger partial charge in [-0.05, 0) is 36.4 Å². The van der Waals surface area contributed by atoms with Crippen LogP contribution in [0.3, 0.4) is 0 Å². The van der Waals surface area contributed by atoms with Crippen LogP contribution in [0.1, 0.15) is 26.3 Å². The molecule has 1 saturated heterocycles. The lowest BCUT2D eigenvalue weighted by Gasteiger charge is -2.35. The molecule has 0 aliphatic carbocycles. The van der Waals surface area contributed by atoms with Crippen LogP contribution in [0, 0.1) is 0 Å². The number of methoxy groups -OCH3 is 1. The molecule has 0 N–H and O–H groups in total. The second kappa shape index (κ2) is 7.87. The van der Waals surface area contributed by atoms with Crippen LogP contribution in [-0.4, -0.2) is 55.0 Å². The van der Waals surface area contributed by atoms with Gasteiger partial charge in [-0.1, -0.05) is 0 Å². The Morgan fingerprint density at radius 2 is 1.57 bits per heavy atom. The van der Waals surface area contributed by atoms with Crippen LogP contribution in [-0.2, 0) is 10.9 Å². The first-order valence-corrected chi connectivity index (χ1v) is 8.55. The van der Waals surface area contributed by atoms with Crippen molar-refractivity contribution < 1.29 is 27.5 Å². The number of piperazine rings is 1. The maximum absolute atomic E-state index is 12.6. The van der Waals surface area contributed by atoms with Crippen molar-refractivity contribution in [2.75, 3.05) is 38.2 Å². The Morgan fingerprint density at radius 1 is 0.964 bits per heavy atom. The summed E-state index contributed by atoms with van der Waals surface area (Å²) in [6.07, 6.45) is -3.60. The third-order valence-electron chi connectivity index (χ3n) is 4.52. The minimum Gasteiger partial charge on any atom is -0.465 e. The summed E-state index contributed by atoms with van der Waals surface area (Å²) in [5.41, 5.74) is 0.0199. The molecule has 1 aromatic carbocycles. The molecule has 9 heteroatoms. The summed E-state index contributed by atoms with van der Waals surface area (Å²) in [5.74, 6) is -0.198. The number of ether oxygens (including phenoxy) is 1. The summed E-state index contributed by atoms with van der Waals surface area (Å²) in [6.45, 7) is 1.76. The number of carbonyl (C=O) groups excluding carboxylic acids is 2. The Labute approximate surface area is 159 Å². The summed E-state index contributed by atoms with van der Waals surface area (Å²) in [5, 5.41) is 0. The highest BCUT2D eigenvalue weighted by atomic mass is 19.4. The highest BCUT2D eigenvalue weighted by Gasteiger charge is 2.31. The quantitative estimate of drug-likeness (QED) is 0.751. The fraction of sp³-hybridized carbons (Fsp3) is 0.316. The SMILES string of the molecule is COC(=O)c1ccc(C(=O)N2CCN(c3ccc(C(F)(F)F)cn3)CC2)cc1. The standard InChI is InChI=1S/C19H18F3N3O3/c1-28-18(27)14-4-2-13(3-5-14)17(26)25-10-8-24(9-11-25)16-7-6-15(12-23-16)19(20,21)22/h2-7,12H,8-11H2,1H3. The van der Waals surface area contributed by atoms with E-state index < -0.39 is 17.7 Å². The van der Waals surface area contributed by atoms with Gasteiger partial charge in [-0.2, -0.15) is 13.2 Å². The van der Waals surface area contributed by atoms with Gasteiger partial charge >= 0.3 is 12.1 Å². The van der Waals surface area contributed by atoms with Crippen LogP contribution < -0.4 is 4.90 Å². The minimum absolute atomic E-state index is 0.170. The molecule has 0 spiro atoms. The van der Waals surface area contributed by atoms with Gasteiger partial charge in [0.2, 0.25) is 0 Å². The van der Waals surface area contributed by atoms with Crippen molar-refractivity contribution in [2.24, 2.45) is 0 Å². The normalized spacial score (nSPS) is 14.7. The number of nitrogens with zero attached hydrogens (tertiary/aromatic N) is 3. The molecule has 1 fully saturated rings. The average Bonchev–Trinajstić information content (AvgIpc) is 2.72. The molecule has 0 unspecified atom stereocenters. The number of carbonyl (C=O) groups is 2. The minimum atomic E-state index is -4.42. The number of hydrogen-bond acceptors (Lipinski definition) is 5. The zero-order valence-corrected chi connectivity index (χ0v) is 15.1. The maximum Gasteiger partial charge on any atom is 0.417 e. The molecular formula is C19H18F3N3O3. The number of amides is 1. The smallest absolute Gasteiger partial charge is 0.417 e. The molecule has 3 rings (SSSR count). The second-order valence-electron chi connectivity index (χ2n) is 6.25. The van der Waals surface area contributed by atoms with Gasteiger partial charge in [-0.25, -0.2) is 9.78 Å². The van der Waals surface area contributed by atoms with Gasteiger partial charge in [0.1, 0.15) is 5.82 Å². The first kappa shape index (κ1) is 19.7. The van der Waals surface area contributed by atoms with Crippen LogP contribution in [0.15, 0.2) is 42.6 Å². The van der Waals surface area contributed by atoms with Gasteiger partial charge < -0.3 is 14.5 Å². The van der Waals surface area contributed by atoms with E-state index in [0.717, 1.165) is 12.3 Å². The highest BCUT2D eigenvalue weighted by Crippen LogP contribution is 2.29. The molecular weight excluding hydrogens is 375 g/mol. The van der Waals surface area contributed by atoms with Crippen molar-refractivity contribution in [2.45, 2.75) is 6.18 Å². The fourth-order valence-electron chi connectivity index (χ4n) is 2.93. The zero-order valence-electron chi connectivity index (χ0n) is 15.1. The van der Waals surface area contributed by atoms with E-state index >= 15 is 0 Å². The number of anilines is 1. The van der Waals surface area contributed by atoms with Crippen molar-refractivity contribution in [1.29, 1.82) is 0 Å². The summed E-state index contributed by atoms with van der Waals surface area (Å²) in [4.78, 5) is 31.4. The molecule has 1 amide bonds. The predicted octanol–water partition coefficient (Wildman–Crippen LogP) is 2.85. The van der Waals surface area contributed by atoms with E-state index in [4.69, 9.17) is 0 Å². The van der Waals surface area contributed by atoms with Crippen LogP contribution in [0.4, 0.5) is 19.0 Å². The molecule has 6 nitrogen and oxygen atoms in total. The van der Waals surface area contributed by atoms with Crippen molar-refractivity contribution in [1.82, 2.24) is 9.88 Å². The molecule has 2 aromatic rings. The maximum atomic E-state index is 12.6. The molecule has 0 radical (unpaired) electrons. The number of alkyl halides is 3. The Hall–Kier alpha value is -3.10. The molecule has 2 heterocycles. The summed E-state index contributed by atoms with van der Waals surface area (Å²) < 4.78 is 42.5. The van der Waals surface area contributed by atoms with Crippen LogP contribution >= 0.6 is 0 Å². The van der Waals surface area contributed by atoms with Gasteiger partial charge in [0.15, 0.2) is 0 Å². The molecule has 1 aromatic heterocycles. The van der Waals surface area contributed by atoms with E-state index in [-0.39, 0.29) is 5.91 Å². The Morgan fingerprint density at radius 3 is 2.07 bits per heavy atom. The molecule has 1 aliphatic rings. The van der Waals surface area contributed by atoms with E-state index in [1.165, 1.54) is 25.3 Å². The Kier molecular flexibility index (Phi) is 5.53. The lowest BCUT2D eigenvalue weighted by molar-refractivity contribution is -0.137. The second-order valence-corrected chi connectivity index (χ2v) is 6.25. The first-order chi connectivity index (χ1) is 13.3. The van der Waals surface area contributed by atoms with Gasteiger partial charge in [0, 0.05) is 37.9 Å². The summed E-state index contributed by atoms with van der Waals surface area (Å²) >= 11 is 0. The van der Waals surface area contributed by atoms with Gasteiger partial charge in [-0.15, -0.1) is 0 Å². The number of halogens is 3. The van der Waals surface area contributed by atoms with Crippen molar-refractivity contribution in [3.63, 3.8) is 0 Å². The zero-order chi connectivity index (χ0) is 20.3. The third kappa shape index (κ3) is 4.24. The van der Waals surface area contributed by atoms with Gasteiger partial charge in [0.05, 0.1) is 18.2 Å². The van der Waals surface area contributed by atoms with E-state index in [1.807, 2.05) is 4.90 Å². The van der Waals surface area contributed by atoms with Gasteiger partial charge in [0.25, 0.3) is 5.91 Å². The van der Waals surface area contributed by atoms with Crippen LogP contribution in [0.5, 0.6) is 0 Å². The van der Waals surface area contributed by atoms with Crippen molar-refractivity contribution >= 4 is 17.7 Å². The van der Waals surface area contributed by atoms with Crippen LogP contribution in [0.25, 0.3) is 0 Å².